The minimum absolute atomic E-state index is 0.260. The summed E-state index contributed by atoms with van der Waals surface area (Å²) >= 11 is 0. The molecule has 9 nitrogen and oxygen atoms in total. The molecule has 0 aliphatic carbocycles. The molecule has 2 atom stereocenters. The van der Waals surface area contributed by atoms with Gasteiger partial charge in [-0.05, 0) is 19.4 Å². The van der Waals surface area contributed by atoms with Crippen LogP contribution in [0.5, 0.6) is 5.75 Å². The van der Waals surface area contributed by atoms with Crippen molar-refractivity contribution in [3.63, 3.8) is 0 Å². The molecular weight excluding hydrogens is 366 g/mol. The van der Waals surface area contributed by atoms with Gasteiger partial charge in [0.2, 0.25) is 0 Å². The van der Waals surface area contributed by atoms with E-state index in [0.29, 0.717) is 17.9 Å². The van der Waals surface area contributed by atoms with Crippen LogP contribution in [0.1, 0.15) is 32.3 Å². The molecule has 1 aromatic rings. The van der Waals surface area contributed by atoms with Crippen LogP contribution in [0.15, 0.2) is 24.3 Å². The van der Waals surface area contributed by atoms with E-state index in [9.17, 15) is 19.2 Å². The van der Waals surface area contributed by atoms with Gasteiger partial charge in [-0.15, -0.1) is 0 Å². The van der Waals surface area contributed by atoms with E-state index in [1.54, 1.807) is 24.3 Å². The van der Waals surface area contributed by atoms with Crippen LogP contribution in [-0.2, 0) is 24.7 Å². The summed E-state index contributed by atoms with van der Waals surface area (Å²) in [5.74, 6) is -1.27. The number of carbonyl (C=O) groups is 4. The Bertz CT molecular complexity index is 811. The molecule has 0 aromatic heterocycles. The minimum atomic E-state index is -1.25. The molecule has 1 spiro atoms. The molecular formula is C19H23N3O6. The van der Waals surface area contributed by atoms with E-state index >= 15 is 0 Å². The lowest BCUT2D eigenvalue weighted by Gasteiger charge is -2.33. The van der Waals surface area contributed by atoms with Crippen molar-refractivity contribution in [2.75, 3.05) is 19.7 Å². The van der Waals surface area contributed by atoms with E-state index in [4.69, 9.17) is 9.47 Å². The van der Waals surface area contributed by atoms with E-state index in [1.807, 2.05) is 6.92 Å². The first kappa shape index (κ1) is 19.7. The normalized spacial score (nSPS) is 21.6. The average Bonchev–Trinajstić information content (AvgIpc) is 2.91. The molecule has 1 saturated heterocycles. The summed E-state index contributed by atoms with van der Waals surface area (Å²) in [5, 5.41) is 5.32. The van der Waals surface area contributed by atoms with Crippen LogP contribution in [-0.4, -0.2) is 54.5 Å². The van der Waals surface area contributed by atoms with E-state index in [1.165, 1.54) is 6.92 Å². The maximum atomic E-state index is 13.1. The van der Waals surface area contributed by atoms with Crippen LogP contribution in [0, 0.1) is 0 Å². The quantitative estimate of drug-likeness (QED) is 0.546. The molecule has 0 bridgehead atoms. The zero-order valence-electron chi connectivity index (χ0n) is 15.8. The zero-order valence-corrected chi connectivity index (χ0v) is 15.8. The number of nitrogens with zero attached hydrogens (tertiary/aromatic N) is 1. The Labute approximate surface area is 162 Å². The molecule has 2 N–H and O–H groups in total. The number of esters is 1. The van der Waals surface area contributed by atoms with Crippen molar-refractivity contribution in [2.24, 2.45) is 0 Å². The van der Waals surface area contributed by atoms with Gasteiger partial charge in [0, 0.05) is 18.5 Å². The van der Waals surface area contributed by atoms with Crippen molar-refractivity contribution in [2.45, 2.75) is 38.3 Å². The van der Waals surface area contributed by atoms with Gasteiger partial charge in [0.15, 0.2) is 11.6 Å². The summed E-state index contributed by atoms with van der Waals surface area (Å²) in [6.45, 7) is 3.50. The van der Waals surface area contributed by atoms with Gasteiger partial charge in [-0.3, -0.25) is 19.3 Å². The van der Waals surface area contributed by atoms with Crippen LogP contribution < -0.4 is 15.4 Å². The van der Waals surface area contributed by atoms with Crippen LogP contribution in [0.2, 0.25) is 0 Å². The number of urea groups is 1. The van der Waals surface area contributed by atoms with Gasteiger partial charge in [-0.25, -0.2) is 4.79 Å². The molecule has 28 heavy (non-hydrogen) atoms. The molecule has 0 saturated carbocycles. The number of nitrogens with one attached hydrogen (secondary N) is 2. The highest BCUT2D eigenvalue weighted by Crippen LogP contribution is 2.40. The summed E-state index contributed by atoms with van der Waals surface area (Å²) in [7, 11) is 0. The predicted octanol–water partition coefficient (Wildman–Crippen LogP) is 0.674. The summed E-state index contributed by atoms with van der Waals surface area (Å²) < 4.78 is 10.6. The fraction of sp³-hybridized carbons (Fsp3) is 0.474. The van der Waals surface area contributed by atoms with Crippen LogP contribution in [0.25, 0.3) is 0 Å². The number of imide groups is 1. The Hall–Kier alpha value is -3.10. The lowest BCUT2D eigenvalue weighted by Crippen LogP contribution is -2.48. The number of benzene rings is 1. The monoisotopic (exact) mass is 389 g/mol. The minimum Gasteiger partial charge on any atom is -0.493 e. The number of ether oxygens (including phenoxy) is 2. The second-order valence-corrected chi connectivity index (χ2v) is 6.74. The summed E-state index contributed by atoms with van der Waals surface area (Å²) in [5.41, 5.74) is -0.696. The second kappa shape index (κ2) is 7.87. The third-order valence-electron chi connectivity index (χ3n) is 4.77. The maximum absolute atomic E-state index is 13.1. The highest BCUT2D eigenvalue weighted by Gasteiger charge is 2.55. The van der Waals surface area contributed by atoms with E-state index in [0.717, 1.165) is 11.3 Å². The molecule has 9 heteroatoms. The third-order valence-corrected chi connectivity index (χ3v) is 4.77. The standard InChI is InChI=1S/C19H23N3O6/c1-3-9-20-16(24)12(2)28-15(23)11-22-17(25)19(21-18(22)26)8-10-27-14-7-5-4-6-13(14)19/h4-7,12H,3,8-11H2,1-2H3,(H,20,24)(H,21,26)/t12-,19-/m1/s1. The molecule has 150 valence electrons. The molecule has 1 fully saturated rings. The third kappa shape index (κ3) is 3.51. The number of carbonyl (C=O) groups excluding carboxylic acids is 4. The van der Waals surface area contributed by atoms with Crippen molar-refractivity contribution < 1.29 is 28.7 Å². The van der Waals surface area contributed by atoms with Crippen molar-refractivity contribution in [3.05, 3.63) is 29.8 Å². The lowest BCUT2D eigenvalue weighted by molar-refractivity contribution is -0.156. The van der Waals surface area contributed by atoms with Gasteiger partial charge < -0.3 is 20.1 Å². The fourth-order valence-electron chi connectivity index (χ4n) is 3.32. The van der Waals surface area contributed by atoms with Crippen LogP contribution >= 0.6 is 0 Å². The highest BCUT2D eigenvalue weighted by atomic mass is 16.5. The second-order valence-electron chi connectivity index (χ2n) is 6.74. The van der Waals surface area contributed by atoms with Crippen molar-refractivity contribution in [1.82, 2.24) is 15.5 Å². The molecule has 3 rings (SSSR count). The number of fused-ring (bicyclic) bond motifs is 2. The van der Waals surface area contributed by atoms with E-state index < -0.39 is 42.0 Å². The molecule has 0 unspecified atom stereocenters. The van der Waals surface area contributed by atoms with Gasteiger partial charge in [0.25, 0.3) is 11.8 Å². The number of rotatable bonds is 6. The largest absolute Gasteiger partial charge is 0.493 e. The number of hydrogen-bond acceptors (Lipinski definition) is 6. The van der Waals surface area contributed by atoms with E-state index in [-0.39, 0.29) is 13.0 Å². The van der Waals surface area contributed by atoms with Gasteiger partial charge >= 0.3 is 12.0 Å². The topological polar surface area (TPSA) is 114 Å². The molecule has 1 aromatic carbocycles. The molecule has 2 aliphatic rings. The predicted molar refractivity (Wildman–Crippen MR) is 97.3 cm³/mol. The first-order valence-electron chi connectivity index (χ1n) is 9.22. The fourth-order valence-corrected chi connectivity index (χ4v) is 3.32. The first-order valence-corrected chi connectivity index (χ1v) is 9.22. The first-order chi connectivity index (χ1) is 13.4. The van der Waals surface area contributed by atoms with Gasteiger partial charge in [0.1, 0.15) is 12.3 Å². The lowest BCUT2D eigenvalue weighted by atomic mass is 9.84. The van der Waals surface area contributed by atoms with Gasteiger partial charge in [0.05, 0.1) is 6.61 Å². The zero-order chi connectivity index (χ0) is 20.3. The Balaban J connectivity index is 1.70. The summed E-state index contributed by atoms with van der Waals surface area (Å²) in [6, 6.07) is 6.29. The average molecular weight is 389 g/mol. The summed E-state index contributed by atoms with van der Waals surface area (Å²) in [4.78, 5) is 50.3. The number of amides is 4. The van der Waals surface area contributed by atoms with Gasteiger partial charge in [-0.2, -0.15) is 0 Å². The van der Waals surface area contributed by atoms with Crippen molar-refractivity contribution >= 4 is 23.8 Å². The maximum Gasteiger partial charge on any atom is 0.327 e. The highest BCUT2D eigenvalue weighted by molar-refractivity contribution is 6.09. The SMILES string of the molecule is CCCNC(=O)[C@@H](C)OC(=O)CN1C(=O)N[C@@]2(CCOc3ccccc32)C1=O. The molecule has 2 aliphatic heterocycles. The Morgan fingerprint density at radius 3 is 2.86 bits per heavy atom. The number of para-hydroxylation sites is 1. The van der Waals surface area contributed by atoms with Crippen LogP contribution in [0.3, 0.4) is 0 Å². The van der Waals surface area contributed by atoms with Gasteiger partial charge in [-0.1, -0.05) is 25.1 Å². The Morgan fingerprint density at radius 2 is 2.11 bits per heavy atom. The molecule has 0 radical (unpaired) electrons. The van der Waals surface area contributed by atoms with E-state index in [2.05, 4.69) is 10.6 Å². The molecule has 2 heterocycles. The Kier molecular flexibility index (Phi) is 5.53. The van der Waals surface area contributed by atoms with Crippen LogP contribution in [0.4, 0.5) is 4.79 Å². The van der Waals surface area contributed by atoms with Crippen molar-refractivity contribution in [1.29, 1.82) is 0 Å². The van der Waals surface area contributed by atoms with Crippen molar-refractivity contribution in [3.8, 4) is 5.75 Å². The summed E-state index contributed by atoms with van der Waals surface area (Å²) in [6.07, 6.45) is -0.00413. The Morgan fingerprint density at radius 1 is 1.36 bits per heavy atom. The number of hydrogen-bond donors (Lipinski definition) is 2. The molecule has 4 amide bonds. The smallest absolute Gasteiger partial charge is 0.327 e.